The van der Waals surface area contributed by atoms with E-state index in [2.05, 4.69) is 58.6 Å². The fourth-order valence-corrected chi connectivity index (χ4v) is 5.67. The molecule has 2 fully saturated rings. The minimum atomic E-state index is 0.141. The lowest BCUT2D eigenvalue weighted by Crippen LogP contribution is -2.47. The van der Waals surface area contributed by atoms with Crippen LogP contribution in [0.2, 0.25) is 0 Å². The van der Waals surface area contributed by atoms with Gasteiger partial charge in [0.05, 0.1) is 6.04 Å². The smallest absolute Gasteiger partial charge is 0.174 e. The highest BCUT2D eigenvalue weighted by molar-refractivity contribution is 7.10. The summed E-state index contributed by atoms with van der Waals surface area (Å²) in [6, 6.07) is 9.13. The molecule has 2 aliphatic rings. The largest absolute Gasteiger partial charge is 0.296 e. The zero-order chi connectivity index (χ0) is 20.2. The third-order valence-corrected chi connectivity index (χ3v) is 7.32. The standard InChI is InChI=1S/C22H29N7S/c1-2-7-19(8-3-1)29-22(24-25-26-29)21(20-9-5-15-30-20)28-13-11-27(12-14-28)17-18-6-4-10-23-16-18/h4-6,9-10,15-16,19,21H,1-3,7-8,11-14,17H2. The fourth-order valence-electron chi connectivity index (χ4n) is 4.81. The monoisotopic (exact) mass is 423 g/mol. The van der Waals surface area contributed by atoms with Gasteiger partial charge in [0, 0.05) is 50.0 Å². The molecule has 0 N–H and O–H groups in total. The second-order valence-electron chi connectivity index (χ2n) is 8.36. The Morgan fingerprint density at radius 3 is 2.63 bits per heavy atom. The molecule has 4 heterocycles. The summed E-state index contributed by atoms with van der Waals surface area (Å²) in [6.07, 6.45) is 10.1. The Bertz CT molecular complexity index is 897. The van der Waals surface area contributed by atoms with Crippen molar-refractivity contribution >= 4 is 11.3 Å². The van der Waals surface area contributed by atoms with Gasteiger partial charge >= 0.3 is 0 Å². The van der Waals surface area contributed by atoms with E-state index in [0.29, 0.717) is 6.04 Å². The highest BCUT2D eigenvalue weighted by Gasteiger charge is 2.33. The number of tetrazole rings is 1. The molecule has 1 aliphatic heterocycles. The van der Waals surface area contributed by atoms with Crippen LogP contribution in [0.15, 0.2) is 42.0 Å². The maximum atomic E-state index is 4.55. The summed E-state index contributed by atoms with van der Waals surface area (Å²) in [5.41, 5.74) is 1.28. The lowest BCUT2D eigenvalue weighted by atomic mass is 9.95. The number of piperazine rings is 1. The van der Waals surface area contributed by atoms with Crippen molar-refractivity contribution < 1.29 is 0 Å². The van der Waals surface area contributed by atoms with Gasteiger partial charge in [-0.2, -0.15) is 0 Å². The zero-order valence-electron chi connectivity index (χ0n) is 17.3. The first-order chi connectivity index (χ1) is 14.9. The second kappa shape index (κ2) is 9.32. The highest BCUT2D eigenvalue weighted by Crippen LogP contribution is 2.35. The molecule has 1 aliphatic carbocycles. The van der Waals surface area contributed by atoms with Crippen molar-refractivity contribution in [1.29, 1.82) is 0 Å². The molecule has 7 nitrogen and oxygen atoms in total. The molecule has 1 unspecified atom stereocenters. The first kappa shape index (κ1) is 19.8. The fraction of sp³-hybridized carbons (Fsp3) is 0.545. The van der Waals surface area contributed by atoms with Gasteiger partial charge in [-0.05, 0) is 46.3 Å². The van der Waals surface area contributed by atoms with E-state index in [1.54, 1.807) is 0 Å². The van der Waals surface area contributed by atoms with Crippen molar-refractivity contribution in [2.45, 2.75) is 50.7 Å². The van der Waals surface area contributed by atoms with Crippen LogP contribution in [0.5, 0.6) is 0 Å². The zero-order valence-corrected chi connectivity index (χ0v) is 18.1. The van der Waals surface area contributed by atoms with Crippen molar-refractivity contribution in [3.63, 3.8) is 0 Å². The SMILES string of the molecule is c1cncc(CN2CCN(C(c3cccs3)c3nnnn3C3CCCCC3)CC2)c1. The minimum absolute atomic E-state index is 0.141. The Kier molecular flexibility index (Phi) is 6.15. The molecule has 158 valence electrons. The number of pyridine rings is 1. The summed E-state index contributed by atoms with van der Waals surface area (Å²) in [4.78, 5) is 10.7. The van der Waals surface area contributed by atoms with E-state index in [1.807, 2.05) is 29.8 Å². The molecule has 1 saturated carbocycles. The number of thiophene rings is 1. The molecule has 8 heteroatoms. The predicted molar refractivity (Wildman–Crippen MR) is 117 cm³/mol. The molecule has 0 amide bonds. The Morgan fingerprint density at radius 2 is 1.90 bits per heavy atom. The third kappa shape index (κ3) is 4.31. The first-order valence-electron chi connectivity index (χ1n) is 11.0. The molecule has 3 aromatic heterocycles. The molecular weight excluding hydrogens is 394 g/mol. The van der Waals surface area contributed by atoms with E-state index in [4.69, 9.17) is 0 Å². The lowest BCUT2D eigenvalue weighted by molar-refractivity contribution is 0.0997. The van der Waals surface area contributed by atoms with Crippen LogP contribution < -0.4 is 0 Å². The number of nitrogens with zero attached hydrogens (tertiary/aromatic N) is 7. The average molecular weight is 424 g/mol. The van der Waals surface area contributed by atoms with Crippen LogP contribution >= 0.6 is 11.3 Å². The molecule has 0 bridgehead atoms. The summed E-state index contributed by atoms with van der Waals surface area (Å²) in [5, 5.41) is 15.3. The van der Waals surface area contributed by atoms with Crippen molar-refractivity contribution in [3.05, 3.63) is 58.3 Å². The number of aromatic nitrogens is 5. The van der Waals surface area contributed by atoms with Crippen LogP contribution in [0.25, 0.3) is 0 Å². The summed E-state index contributed by atoms with van der Waals surface area (Å²) >= 11 is 1.81. The molecule has 0 spiro atoms. The molecule has 30 heavy (non-hydrogen) atoms. The van der Waals surface area contributed by atoms with Crippen molar-refractivity contribution in [2.75, 3.05) is 26.2 Å². The Labute approximate surface area is 181 Å². The quantitative estimate of drug-likeness (QED) is 0.604. The predicted octanol–water partition coefficient (Wildman–Crippen LogP) is 3.54. The lowest BCUT2D eigenvalue weighted by Gasteiger charge is -2.38. The van der Waals surface area contributed by atoms with Crippen molar-refractivity contribution in [1.82, 2.24) is 35.0 Å². The van der Waals surface area contributed by atoms with E-state index in [0.717, 1.165) is 38.5 Å². The first-order valence-corrected chi connectivity index (χ1v) is 11.9. The van der Waals surface area contributed by atoms with Crippen LogP contribution in [-0.2, 0) is 6.54 Å². The van der Waals surface area contributed by atoms with Crippen LogP contribution in [-0.4, -0.2) is 61.2 Å². The average Bonchev–Trinajstić information content (AvgIpc) is 3.50. The molecule has 1 atom stereocenters. The number of hydrogen-bond acceptors (Lipinski definition) is 7. The van der Waals surface area contributed by atoms with Crippen molar-refractivity contribution in [2.24, 2.45) is 0 Å². The van der Waals surface area contributed by atoms with Gasteiger partial charge in [0.15, 0.2) is 5.82 Å². The van der Waals surface area contributed by atoms with Gasteiger partial charge in [-0.15, -0.1) is 16.4 Å². The molecule has 0 aromatic carbocycles. The van der Waals surface area contributed by atoms with E-state index < -0.39 is 0 Å². The van der Waals surface area contributed by atoms with E-state index in [1.165, 1.54) is 42.5 Å². The van der Waals surface area contributed by atoms with Gasteiger partial charge in [0.25, 0.3) is 0 Å². The maximum absolute atomic E-state index is 4.55. The Hall–Kier alpha value is -2.16. The number of hydrogen-bond donors (Lipinski definition) is 0. The summed E-state index contributed by atoms with van der Waals surface area (Å²) in [7, 11) is 0. The normalized spacial score (nSPS) is 20.4. The Morgan fingerprint density at radius 1 is 1.03 bits per heavy atom. The molecule has 3 aromatic rings. The van der Waals surface area contributed by atoms with Gasteiger partial charge in [-0.1, -0.05) is 31.4 Å². The van der Waals surface area contributed by atoms with Crippen LogP contribution in [0, 0.1) is 0 Å². The third-order valence-electron chi connectivity index (χ3n) is 6.40. The highest BCUT2D eigenvalue weighted by atomic mass is 32.1. The van der Waals surface area contributed by atoms with Crippen LogP contribution in [0.3, 0.4) is 0 Å². The van der Waals surface area contributed by atoms with Crippen molar-refractivity contribution in [3.8, 4) is 0 Å². The van der Waals surface area contributed by atoms with Crippen LogP contribution in [0.4, 0.5) is 0 Å². The van der Waals surface area contributed by atoms with E-state index in [9.17, 15) is 0 Å². The maximum Gasteiger partial charge on any atom is 0.174 e. The second-order valence-corrected chi connectivity index (χ2v) is 9.34. The van der Waals surface area contributed by atoms with Gasteiger partial charge in [-0.25, -0.2) is 4.68 Å². The number of rotatable bonds is 6. The summed E-state index contributed by atoms with van der Waals surface area (Å²) in [6.45, 7) is 5.08. The Balaban J connectivity index is 1.33. The molecular formula is C22H29N7S. The van der Waals surface area contributed by atoms with Gasteiger partial charge in [-0.3, -0.25) is 14.8 Å². The van der Waals surface area contributed by atoms with Gasteiger partial charge in [0.2, 0.25) is 0 Å². The van der Waals surface area contributed by atoms with E-state index in [-0.39, 0.29) is 6.04 Å². The summed E-state index contributed by atoms with van der Waals surface area (Å²) < 4.78 is 2.14. The van der Waals surface area contributed by atoms with E-state index >= 15 is 0 Å². The van der Waals surface area contributed by atoms with Gasteiger partial charge in [0.1, 0.15) is 6.04 Å². The minimum Gasteiger partial charge on any atom is -0.296 e. The molecule has 5 rings (SSSR count). The molecule has 0 radical (unpaired) electrons. The topological polar surface area (TPSA) is 63.0 Å². The van der Waals surface area contributed by atoms with Crippen LogP contribution in [0.1, 0.15) is 60.5 Å². The summed E-state index contributed by atoms with van der Waals surface area (Å²) in [5.74, 6) is 1.02. The molecule has 1 saturated heterocycles. The van der Waals surface area contributed by atoms with Gasteiger partial charge < -0.3 is 0 Å².